The number of aromatic carboxylic acids is 1. The van der Waals surface area contributed by atoms with Crippen LogP contribution in [0.25, 0.3) is 0 Å². The van der Waals surface area contributed by atoms with Gasteiger partial charge in [0.15, 0.2) is 0 Å². The fourth-order valence-corrected chi connectivity index (χ4v) is 5.31. The molecule has 1 fully saturated rings. The molecule has 2 aromatic carbocycles. The van der Waals surface area contributed by atoms with Crippen LogP contribution in [0.4, 0.5) is 5.69 Å². The Labute approximate surface area is 211 Å². The van der Waals surface area contributed by atoms with E-state index >= 15 is 0 Å². The first-order valence-electron chi connectivity index (χ1n) is 12.2. The number of hydrogen-bond donors (Lipinski definition) is 1. The number of carboxylic acids is 1. The molecule has 3 atom stereocenters. The van der Waals surface area contributed by atoms with E-state index in [1.54, 1.807) is 24.3 Å². The third-order valence-electron chi connectivity index (χ3n) is 7.11. The summed E-state index contributed by atoms with van der Waals surface area (Å²) >= 11 is 6.25. The van der Waals surface area contributed by atoms with Crippen LogP contribution in [0.3, 0.4) is 0 Å². The average molecular weight is 498 g/mol. The van der Waals surface area contributed by atoms with E-state index in [9.17, 15) is 14.7 Å². The van der Waals surface area contributed by atoms with Crippen LogP contribution in [0, 0.1) is 11.8 Å². The van der Waals surface area contributed by atoms with E-state index in [4.69, 9.17) is 21.1 Å². The first kappa shape index (κ1) is 25.1. The summed E-state index contributed by atoms with van der Waals surface area (Å²) in [5.74, 6) is -0.104. The van der Waals surface area contributed by atoms with Gasteiger partial charge in [-0.15, -0.1) is 0 Å². The SMILES string of the molecule is C=C[C@H](OC(C)=O)[C@@H]1CC[C@H]1CN1CCCCc2cc(Cl)ccc2COc2ccc(C(=O)O)cc21. The maximum atomic E-state index is 11.8. The van der Waals surface area contributed by atoms with Crippen LogP contribution in [0.2, 0.25) is 5.02 Å². The van der Waals surface area contributed by atoms with Crippen molar-refractivity contribution >= 4 is 29.2 Å². The zero-order chi connectivity index (χ0) is 24.9. The van der Waals surface area contributed by atoms with Gasteiger partial charge in [0.1, 0.15) is 18.5 Å². The highest BCUT2D eigenvalue weighted by molar-refractivity contribution is 6.30. The van der Waals surface area contributed by atoms with E-state index in [0.29, 0.717) is 23.3 Å². The lowest BCUT2D eigenvalue weighted by molar-refractivity contribution is -0.149. The van der Waals surface area contributed by atoms with Crippen LogP contribution in [-0.4, -0.2) is 36.2 Å². The number of carbonyl (C=O) groups is 2. The molecule has 0 aromatic heterocycles. The zero-order valence-corrected chi connectivity index (χ0v) is 20.8. The third-order valence-corrected chi connectivity index (χ3v) is 7.34. The summed E-state index contributed by atoms with van der Waals surface area (Å²) in [5, 5.41) is 10.4. The van der Waals surface area contributed by atoms with Gasteiger partial charge in [-0.2, -0.15) is 0 Å². The molecule has 6 nitrogen and oxygen atoms in total. The van der Waals surface area contributed by atoms with Crippen molar-refractivity contribution < 1.29 is 24.2 Å². The number of nitrogens with zero attached hydrogens (tertiary/aromatic N) is 1. The molecule has 2 aromatic rings. The molecule has 7 heteroatoms. The Morgan fingerprint density at radius 2 is 2.06 bits per heavy atom. The van der Waals surface area contributed by atoms with Crippen molar-refractivity contribution in [3.8, 4) is 5.75 Å². The van der Waals surface area contributed by atoms with Crippen molar-refractivity contribution in [1.82, 2.24) is 0 Å². The van der Waals surface area contributed by atoms with Gasteiger partial charge in [-0.1, -0.05) is 30.3 Å². The van der Waals surface area contributed by atoms with Crippen LogP contribution in [0.15, 0.2) is 49.1 Å². The number of aryl methyl sites for hydroxylation is 1. The minimum Gasteiger partial charge on any atom is -0.487 e. The second kappa shape index (κ2) is 11.2. The van der Waals surface area contributed by atoms with Gasteiger partial charge in [0.2, 0.25) is 0 Å². The highest BCUT2D eigenvalue weighted by Gasteiger charge is 2.38. The molecule has 1 heterocycles. The molecular formula is C28H32ClNO5. The molecular weight excluding hydrogens is 466 g/mol. The minimum atomic E-state index is -0.967. The summed E-state index contributed by atoms with van der Waals surface area (Å²) in [7, 11) is 0. The van der Waals surface area contributed by atoms with Crippen molar-refractivity contribution in [2.24, 2.45) is 11.8 Å². The van der Waals surface area contributed by atoms with Crippen molar-refractivity contribution in [2.75, 3.05) is 18.0 Å². The molecule has 4 rings (SSSR count). The van der Waals surface area contributed by atoms with Crippen LogP contribution in [0.1, 0.15) is 54.1 Å². The Kier molecular flexibility index (Phi) is 8.01. The molecule has 1 aliphatic carbocycles. The summed E-state index contributed by atoms with van der Waals surface area (Å²) in [6.45, 7) is 7.17. The molecule has 1 saturated carbocycles. The predicted molar refractivity (Wildman–Crippen MR) is 136 cm³/mol. The number of ether oxygens (including phenoxy) is 2. The molecule has 0 amide bonds. The van der Waals surface area contributed by atoms with Crippen molar-refractivity contribution in [3.63, 3.8) is 0 Å². The monoisotopic (exact) mass is 497 g/mol. The Morgan fingerprint density at radius 3 is 2.74 bits per heavy atom. The fraction of sp³-hybridized carbons (Fsp3) is 0.429. The molecule has 0 spiro atoms. The lowest BCUT2D eigenvalue weighted by Gasteiger charge is -2.43. The predicted octanol–water partition coefficient (Wildman–Crippen LogP) is 5.90. The number of benzene rings is 2. The van der Waals surface area contributed by atoms with Crippen molar-refractivity contribution in [2.45, 2.75) is 51.7 Å². The quantitative estimate of drug-likeness (QED) is 0.395. The maximum absolute atomic E-state index is 11.8. The highest BCUT2D eigenvalue weighted by Crippen LogP contribution is 2.41. The Hall–Kier alpha value is -2.99. The zero-order valence-electron chi connectivity index (χ0n) is 20.0. The van der Waals surface area contributed by atoms with Crippen LogP contribution < -0.4 is 9.64 Å². The number of esters is 1. The summed E-state index contributed by atoms with van der Waals surface area (Å²) in [4.78, 5) is 25.6. The largest absolute Gasteiger partial charge is 0.487 e. The van der Waals surface area contributed by atoms with Crippen LogP contribution in [-0.2, 0) is 22.6 Å². The van der Waals surface area contributed by atoms with Gasteiger partial charge in [0.25, 0.3) is 0 Å². The topological polar surface area (TPSA) is 76.1 Å². The van der Waals surface area contributed by atoms with Gasteiger partial charge in [-0.25, -0.2) is 4.79 Å². The molecule has 1 N–H and O–H groups in total. The second-order valence-corrected chi connectivity index (χ2v) is 9.84. The Balaban J connectivity index is 1.62. The molecule has 2 aliphatic rings. The van der Waals surface area contributed by atoms with Gasteiger partial charge in [-0.3, -0.25) is 4.79 Å². The standard InChI is InChI=1S/C28H32ClNO5/c1-3-26(35-18(2)31)24-11-8-21(24)16-30-13-5-4-6-19-14-23(29)10-7-22(19)17-34-27-12-9-20(28(32)33)15-25(27)30/h3,7,9-10,12,14-15,21,24,26H,1,4-6,8,11,13,16-17H2,2H3,(H,32,33)/t21-,24+,26-/m0/s1. The molecule has 1 aliphatic heterocycles. The summed E-state index contributed by atoms with van der Waals surface area (Å²) in [6.07, 6.45) is 6.22. The molecule has 186 valence electrons. The van der Waals surface area contributed by atoms with Gasteiger partial charge in [0, 0.05) is 31.0 Å². The molecule has 0 saturated heterocycles. The number of anilines is 1. The van der Waals surface area contributed by atoms with E-state index in [1.807, 2.05) is 18.2 Å². The van der Waals surface area contributed by atoms with Crippen LogP contribution >= 0.6 is 11.6 Å². The highest BCUT2D eigenvalue weighted by atomic mass is 35.5. The smallest absolute Gasteiger partial charge is 0.335 e. The fourth-order valence-electron chi connectivity index (χ4n) is 5.11. The average Bonchev–Trinajstić information content (AvgIpc) is 2.84. The minimum absolute atomic E-state index is 0.202. The van der Waals surface area contributed by atoms with Gasteiger partial charge >= 0.3 is 11.9 Å². The van der Waals surface area contributed by atoms with Crippen LogP contribution in [0.5, 0.6) is 5.75 Å². The lowest BCUT2D eigenvalue weighted by atomic mass is 9.70. The van der Waals surface area contributed by atoms with Gasteiger partial charge < -0.3 is 19.5 Å². The number of rotatable bonds is 6. The molecule has 0 radical (unpaired) electrons. The van der Waals surface area contributed by atoms with E-state index in [-0.39, 0.29) is 23.6 Å². The summed E-state index contributed by atoms with van der Waals surface area (Å²) in [5.41, 5.74) is 3.29. The van der Waals surface area contributed by atoms with E-state index in [1.165, 1.54) is 12.5 Å². The van der Waals surface area contributed by atoms with E-state index in [0.717, 1.165) is 56.4 Å². The number of halogens is 1. The summed E-state index contributed by atoms with van der Waals surface area (Å²) < 4.78 is 11.8. The lowest BCUT2D eigenvalue weighted by Crippen LogP contribution is -2.44. The normalized spacial score (nSPS) is 20.7. The van der Waals surface area contributed by atoms with E-state index in [2.05, 4.69) is 11.5 Å². The molecule has 35 heavy (non-hydrogen) atoms. The van der Waals surface area contributed by atoms with Gasteiger partial charge in [-0.05, 0) is 79.5 Å². The first-order valence-corrected chi connectivity index (χ1v) is 12.6. The number of carbonyl (C=O) groups excluding carboxylic acids is 1. The van der Waals surface area contributed by atoms with Gasteiger partial charge in [0.05, 0.1) is 11.3 Å². The summed E-state index contributed by atoms with van der Waals surface area (Å²) in [6, 6.07) is 10.9. The molecule has 0 bridgehead atoms. The number of carboxylic acid groups (broad SMARTS) is 1. The Morgan fingerprint density at radius 1 is 1.23 bits per heavy atom. The second-order valence-electron chi connectivity index (χ2n) is 9.40. The third kappa shape index (κ3) is 5.99. The van der Waals surface area contributed by atoms with Crippen molar-refractivity contribution in [3.05, 3.63) is 70.8 Å². The number of fused-ring (bicyclic) bond motifs is 2. The first-order chi connectivity index (χ1) is 16.9. The van der Waals surface area contributed by atoms with Crippen molar-refractivity contribution in [1.29, 1.82) is 0 Å². The molecule has 0 unspecified atom stereocenters. The Bertz CT molecular complexity index is 1100. The number of hydrogen-bond acceptors (Lipinski definition) is 5. The maximum Gasteiger partial charge on any atom is 0.335 e. The van der Waals surface area contributed by atoms with E-state index < -0.39 is 5.97 Å².